The molecule has 5 nitrogen and oxygen atoms in total. The number of carbonyl (C=O) groups is 1. The van der Waals surface area contributed by atoms with E-state index in [0.717, 1.165) is 16.8 Å². The highest BCUT2D eigenvalue weighted by Crippen LogP contribution is 2.18. The molecule has 0 aliphatic rings. The molecule has 0 unspecified atom stereocenters. The maximum absolute atomic E-state index is 10.8. The Hall–Kier alpha value is -2.53. The van der Waals surface area contributed by atoms with E-state index in [9.17, 15) is 10.0 Å². The van der Waals surface area contributed by atoms with Gasteiger partial charge in [0.25, 0.3) is 0 Å². The molecule has 2 aromatic rings. The molecule has 1 aromatic carbocycles. The van der Waals surface area contributed by atoms with Crippen LogP contribution >= 0.6 is 0 Å². The summed E-state index contributed by atoms with van der Waals surface area (Å²) in [5.74, 6) is 0. The summed E-state index contributed by atoms with van der Waals surface area (Å²) in [6, 6.07) is 11.4. The molecule has 0 atom stereocenters. The highest BCUT2D eigenvalue weighted by molar-refractivity contribution is 5.71. The molecule has 5 heteroatoms. The summed E-state index contributed by atoms with van der Waals surface area (Å²) in [5, 5.41) is 9.81. The van der Waals surface area contributed by atoms with Crippen molar-refractivity contribution < 1.29 is 10.0 Å². The van der Waals surface area contributed by atoms with Crippen molar-refractivity contribution in [2.75, 3.05) is 6.54 Å². The molecule has 0 saturated heterocycles. The van der Waals surface area contributed by atoms with Crippen LogP contribution in [0.3, 0.4) is 0 Å². The van der Waals surface area contributed by atoms with Gasteiger partial charge in [0.05, 0.1) is 6.54 Å². The highest BCUT2D eigenvalue weighted by Gasteiger charge is 2.06. The number of urea groups is 1. The summed E-state index contributed by atoms with van der Waals surface area (Å²) in [6.07, 6.45) is 1.91. The fourth-order valence-electron chi connectivity index (χ4n) is 2.44. The van der Waals surface area contributed by atoms with Crippen LogP contribution in [0.4, 0.5) is 4.79 Å². The van der Waals surface area contributed by atoms with Gasteiger partial charge in [-0.2, -0.15) is 0 Å². The van der Waals surface area contributed by atoms with E-state index < -0.39 is 6.03 Å². The highest BCUT2D eigenvalue weighted by atomic mass is 16.5. The van der Waals surface area contributed by atoms with Gasteiger partial charge in [0.15, 0.2) is 0 Å². The Morgan fingerprint density at radius 2 is 1.73 bits per heavy atom. The van der Waals surface area contributed by atoms with Crippen LogP contribution in [0.15, 0.2) is 42.0 Å². The van der Waals surface area contributed by atoms with E-state index in [2.05, 4.69) is 30.5 Å². The third-order valence-corrected chi connectivity index (χ3v) is 3.49. The molecule has 1 aromatic heterocycles. The van der Waals surface area contributed by atoms with Crippen molar-refractivity contribution in [3.8, 4) is 5.69 Å². The summed E-state index contributed by atoms with van der Waals surface area (Å²) in [4.78, 5) is 10.8. The van der Waals surface area contributed by atoms with Crippen molar-refractivity contribution in [2.45, 2.75) is 20.8 Å². The van der Waals surface area contributed by atoms with E-state index in [1.54, 1.807) is 0 Å². The first kappa shape index (κ1) is 15.9. The molecule has 0 spiro atoms. The van der Waals surface area contributed by atoms with Crippen LogP contribution in [0, 0.1) is 13.8 Å². The minimum absolute atomic E-state index is 0.0902. The largest absolute Gasteiger partial charge is 0.350 e. The molecule has 0 bridgehead atoms. The third kappa shape index (κ3) is 3.56. The average molecular weight is 299 g/mol. The lowest BCUT2D eigenvalue weighted by Crippen LogP contribution is -2.33. The number of carbonyl (C=O) groups excluding carboxylic acids is 1. The zero-order valence-corrected chi connectivity index (χ0v) is 13.1. The van der Waals surface area contributed by atoms with Gasteiger partial charge in [0.1, 0.15) is 0 Å². The summed E-state index contributed by atoms with van der Waals surface area (Å²) < 4.78 is 2.18. The van der Waals surface area contributed by atoms with Crippen molar-refractivity contribution in [1.29, 1.82) is 0 Å². The Morgan fingerprint density at radius 1 is 1.18 bits per heavy atom. The lowest BCUT2D eigenvalue weighted by atomic mass is 10.1. The van der Waals surface area contributed by atoms with Crippen molar-refractivity contribution in [3.63, 3.8) is 0 Å². The smallest absolute Gasteiger partial charge is 0.338 e. The summed E-state index contributed by atoms with van der Waals surface area (Å²) in [5.41, 5.74) is 10.3. The number of hydroxylamine groups is 2. The van der Waals surface area contributed by atoms with E-state index in [1.807, 2.05) is 37.3 Å². The lowest BCUT2D eigenvalue weighted by Gasteiger charge is -2.12. The number of nitrogens with zero attached hydrogens (tertiary/aromatic N) is 2. The maximum atomic E-state index is 10.8. The topological polar surface area (TPSA) is 71.5 Å². The van der Waals surface area contributed by atoms with Gasteiger partial charge in [-0.05, 0) is 50.6 Å². The van der Waals surface area contributed by atoms with E-state index in [0.29, 0.717) is 5.06 Å². The minimum Gasteiger partial charge on any atom is -0.350 e. The first-order chi connectivity index (χ1) is 10.4. The van der Waals surface area contributed by atoms with Crippen molar-refractivity contribution in [1.82, 2.24) is 9.63 Å². The van der Waals surface area contributed by atoms with Crippen LogP contribution in [-0.2, 0) is 0 Å². The number of amides is 2. The third-order valence-electron chi connectivity index (χ3n) is 3.49. The lowest BCUT2D eigenvalue weighted by molar-refractivity contribution is -0.0307. The zero-order valence-electron chi connectivity index (χ0n) is 13.1. The van der Waals surface area contributed by atoms with Gasteiger partial charge in [0, 0.05) is 17.1 Å². The SMILES string of the molecule is C/C(=C\c1ccc(-n2c(C)ccc2C)cc1)CN(O)C(N)=O. The molecule has 116 valence electrons. The molecule has 0 aliphatic heterocycles. The van der Waals surface area contributed by atoms with Gasteiger partial charge >= 0.3 is 6.03 Å². The Bertz CT molecular complexity index is 680. The number of nitrogens with two attached hydrogens (primary N) is 1. The fraction of sp³-hybridized carbons (Fsp3) is 0.235. The maximum Gasteiger partial charge on any atom is 0.338 e. The second kappa shape index (κ2) is 6.49. The van der Waals surface area contributed by atoms with E-state index in [1.165, 1.54) is 11.4 Å². The molecule has 2 amide bonds. The number of rotatable bonds is 4. The summed E-state index contributed by atoms with van der Waals surface area (Å²) in [7, 11) is 0. The first-order valence-corrected chi connectivity index (χ1v) is 7.07. The average Bonchev–Trinajstić information content (AvgIpc) is 2.79. The van der Waals surface area contributed by atoms with Gasteiger partial charge in [-0.3, -0.25) is 5.21 Å². The van der Waals surface area contributed by atoms with Crippen LogP contribution < -0.4 is 5.73 Å². The zero-order chi connectivity index (χ0) is 16.3. The Labute approximate surface area is 130 Å². The van der Waals surface area contributed by atoms with Gasteiger partial charge in [-0.1, -0.05) is 23.8 Å². The molecule has 0 radical (unpaired) electrons. The normalized spacial score (nSPS) is 11.5. The summed E-state index contributed by atoms with van der Waals surface area (Å²) in [6.45, 7) is 6.07. The summed E-state index contributed by atoms with van der Waals surface area (Å²) >= 11 is 0. The van der Waals surface area contributed by atoms with Crippen LogP contribution in [0.1, 0.15) is 23.9 Å². The predicted molar refractivity (Wildman–Crippen MR) is 87.0 cm³/mol. The standard InChI is InChI=1S/C17H21N3O2/c1-12(11-19(22)17(18)21)10-15-6-8-16(9-7-15)20-13(2)4-5-14(20)3/h4-10,22H,11H2,1-3H3,(H2,18,21)/b12-10+. The number of hydrogen-bond acceptors (Lipinski definition) is 2. The van der Waals surface area contributed by atoms with Gasteiger partial charge in [0.2, 0.25) is 0 Å². The predicted octanol–water partition coefficient (Wildman–Crippen LogP) is 3.27. The number of primary amides is 1. The Morgan fingerprint density at radius 3 is 2.23 bits per heavy atom. The van der Waals surface area contributed by atoms with E-state index in [4.69, 9.17) is 5.73 Å². The Balaban J connectivity index is 2.17. The molecule has 0 fully saturated rings. The van der Waals surface area contributed by atoms with Crippen molar-refractivity contribution in [2.24, 2.45) is 5.73 Å². The monoisotopic (exact) mass is 299 g/mol. The Kier molecular flexibility index (Phi) is 4.68. The van der Waals surface area contributed by atoms with Crippen LogP contribution in [0.2, 0.25) is 0 Å². The van der Waals surface area contributed by atoms with Crippen molar-refractivity contribution in [3.05, 3.63) is 58.9 Å². The van der Waals surface area contributed by atoms with E-state index >= 15 is 0 Å². The molecule has 3 N–H and O–H groups in total. The second-order valence-corrected chi connectivity index (χ2v) is 5.43. The number of aryl methyl sites for hydroxylation is 2. The molecule has 0 aliphatic carbocycles. The van der Waals surface area contributed by atoms with Gasteiger partial charge in [-0.15, -0.1) is 0 Å². The first-order valence-electron chi connectivity index (χ1n) is 7.07. The molecular formula is C17H21N3O2. The molecule has 22 heavy (non-hydrogen) atoms. The van der Waals surface area contributed by atoms with Crippen molar-refractivity contribution >= 4 is 12.1 Å². The fourth-order valence-corrected chi connectivity index (χ4v) is 2.44. The van der Waals surface area contributed by atoms with Crippen LogP contribution in [0.25, 0.3) is 11.8 Å². The molecule has 2 rings (SSSR count). The van der Waals surface area contributed by atoms with Crippen LogP contribution in [-0.4, -0.2) is 27.4 Å². The van der Waals surface area contributed by atoms with Gasteiger partial charge in [-0.25, -0.2) is 9.86 Å². The molecule has 1 heterocycles. The number of benzene rings is 1. The van der Waals surface area contributed by atoms with Gasteiger partial charge < -0.3 is 10.3 Å². The molecule has 0 saturated carbocycles. The molecular weight excluding hydrogens is 278 g/mol. The number of hydrogen-bond donors (Lipinski definition) is 2. The van der Waals surface area contributed by atoms with E-state index in [-0.39, 0.29) is 6.54 Å². The quantitative estimate of drug-likeness (QED) is 0.672. The second-order valence-electron chi connectivity index (χ2n) is 5.43. The van der Waals surface area contributed by atoms with Crippen LogP contribution in [0.5, 0.6) is 0 Å². The minimum atomic E-state index is -0.860. The number of aromatic nitrogens is 1.